The van der Waals surface area contributed by atoms with Gasteiger partial charge in [0, 0.05) is 57.2 Å². The van der Waals surface area contributed by atoms with E-state index in [2.05, 4.69) is 45.4 Å². The fraction of sp³-hybridized carbons (Fsp3) is 0.409. The topological polar surface area (TPSA) is 54.1 Å². The first-order valence-electron chi connectivity index (χ1n) is 10.6. The van der Waals surface area contributed by atoms with Crippen molar-refractivity contribution < 1.29 is 4.39 Å². The van der Waals surface area contributed by atoms with Crippen molar-refractivity contribution in [2.24, 2.45) is 0 Å². The van der Waals surface area contributed by atoms with Gasteiger partial charge in [0.25, 0.3) is 0 Å². The first-order chi connectivity index (χ1) is 15.0. The number of rotatable bonds is 6. The number of thiocarbonyl (C=S) groups is 1. The third kappa shape index (κ3) is 5.48. The summed E-state index contributed by atoms with van der Waals surface area (Å²) in [5.41, 5.74) is 4.26. The molecule has 0 atom stereocenters. The fourth-order valence-electron chi connectivity index (χ4n) is 3.72. The van der Waals surface area contributed by atoms with Crippen LogP contribution in [0.2, 0.25) is 0 Å². The maximum absolute atomic E-state index is 13.1. The van der Waals surface area contributed by atoms with E-state index in [0.29, 0.717) is 6.54 Å². The second-order valence-electron chi connectivity index (χ2n) is 7.84. The van der Waals surface area contributed by atoms with Crippen molar-refractivity contribution in [3.8, 4) is 0 Å². The second kappa shape index (κ2) is 9.57. The molecule has 0 saturated carbocycles. The molecule has 0 spiro atoms. The predicted octanol–water partition coefficient (Wildman–Crippen LogP) is 3.11. The van der Waals surface area contributed by atoms with Crippen LogP contribution in [0.15, 0.2) is 42.9 Å². The molecule has 0 radical (unpaired) electrons. The summed E-state index contributed by atoms with van der Waals surface area (Å²) >= 11 is 5.62. The Labute approximate surface area is 187 Å². The number of nitrogens with one attached hydrogen (secondary N) is 1. The third-order valence-electron chi connectivity index (χ3n) is 5.57. The minimum Gasteiger partial charge on any atom is -0.346 e. The van der Waals surface area contributed by atoms with Crippen LogP contribution in [-0.4, -0.2) is 60.7 Å². The summed E-state index contributed by atoms with van der Waals surface area (Å²) < 4.78 is 16.9. The SMILES string of the molecule is CCn1cc(CN2CCN(C(=S)Nc3cnn(Cc4ccc(F)cc4)c3)CC2)c(C)n1. The summed E-state index contributed by atoms with van der Waals surface area (Å²) in [7, 11) is 0. The van der Waals surface area contributed by atoms with Gasteiger partial charge in [0.15, 0.2) is 5.11 Å². The van der Waals surface area contributed by atoms with Crippen molar-refractivity contribution in [1.82, 2.24) is 29.4 Å². The number of piperazine rings is 1. The van der Waals surface area contributed by atoms with E-state index in [1.54, 1.807) is 18.3 Å². The van der Waals surface area contributed by atoms with E-state index < -0.39 is 0 Å². The molecule has 1 aliphatic rings. The number of halogens is 1. The zero-order valence-corrected chi connectivity index (χ0v) is 18.8. The largest absolute Gasteiger partial charge is 0.346 e. The highest BCUT2D eigenvalue weighted by atomic mass is 32.1. The van der Waals surface area contributed by atoms with Gasteiger partial charge in [-0.2, -0.15) is 10.2 Å². The van der Waals surface area contributed by atoms with E-state index in [1.165, 1.54) is 17.7 Å². The Kier molecular flexibility index (Phi) is 6.62. The van der Waals surface area contributed by atoms with Gasteiger partial charge in [-0.05, 0) is 43.8 Å². The van der Waals surface area contributed by atoms with Crippen LogP contribution < -0.4 is 5.32 Å². The van der Waals surface area contributed by atoms with E-state index in [1.807, 2.05) is 15.6 Å². The van der Waals surface area contributed by atoms with Crippen molar-refractivity contribution in [1.29, 1.82) is 0 Å². The van der Waals surface area contributed by atoms with Gasteiger partial charge in [-0.1, -0.05) is 12.1 Å². The molecule has 7 nitrogen and oxygen atoms in total. The molecule has 1 saturated heterocycles. The lowest BCUT2D eigenvalue weighted by Gasteiger charge is -2.36. The number of aromatic nitrogens is 4. The van der Waals surface area contributed by atoms with E-state index in [4.69, 9.17) is 12.2 Å². The molecule has 0 aliphatic carbocycles. The van der Waals surface area contributed by atoms with Crippen LogP contribution in [0.1, 0.15) is 23.7 Å². The zero-order chi connectivity index (χ0) is 21.8. The molecule has 31 heavy (non-hydrogen) atoms. The van der Waals surface area contributed by atoms with E-state index in [0.717, 1.165) is 61.3 Å². The summed E-state index contributed by atoms with van der Waals surface area (Å²) in [4.78, 5) is 4.65. The van der Waals surface area contributed by atoms with Gasteiger partial charge in [-0.3, -0.25) is 14.3 Å². The second-order valence-corrected chi connectivity index (χ2v) is 8.23. The van der Waals surface area contributed by atoms with Crippen molar-refractivity contribution in [3.05, 3.63) is 65.5 Å². The molecule has 2 aromatic heterocycles. The Hall–Kier alpha value is -2.78. The lowest BCUT2D eigenvalue weighted by atomic mass is 10.2. The normalized spacial score (nSPS) is 14.7. The Balaban J connectivity index is 1.26. The van der Waals surface area contributed by atoms with Crippen LogP contribution in [-0.2, 0) is 19.6 Å². The molecule has 9 heteroatoms. The first kappa shape index (κ1) is 21.5. The van der Waals surface area contributed by atoms with Crippen molar-refractivity contribution >= 4 is 23.0 Å². The van der Waals surface area contributed by atoms with Crippen LogP contribution in [0.5, 0.6) is 0 Å². The van der Waals surface area contributed by atoms with Gasteiger partial charge in [0.1, 0.15) is 5.82 Å². The van der Waals surface area contributed by atoms with Gasteiger partial charge in [-0.25, -0.2) is 4.39 Å². The summed E-state index contributed by atoms with van der Waals surface area (Å²) in [5, 5.41) is 12.9. The highest BCUT2D eigenvalue weighted by Crippen LogP contribution is 2.14. The first-order valence-corrected chi connectivity index (χ1v) is 11.0. The Bertz CT molecular complexity index is 1020. The summed E-state index contributed by atoms with van der Waals surface area (Å²) in [6.07, 6.45) is 5.83. The molecule has 164 valence electrons. The molecule has 0 amide bonds. The maximum Gasteiger partial charge on any atom is 0.173 e. The van der Waals surface area contributed by atoms with Crippen molar-refractivity contribution in [2.75, 3.05) is 31.5 Å². The highest BCUT2D eigenvalue weighted by molar-refractivity contribution is 7.80. The number of hydrogen-bond donors (Lipinski definition) is 1. The van der Waals surface area contributed by atoms with Crippen LogP contribution in [0, 0.1) is 12.7 Å². The van der Waals surface area contributed by atoms with Crippen LogP contribution in [0.4, 0.5) is 10.1 Å². The summed E-state index contributed by atoms with van der Waals surface area (Å²) in [6, 6.07) is 6.46. The summed E-state index contributed by atoms with van der Waals surface area (Å²) in [6.45, 7) is 10.3. The molecule has 1 aromatic carbocycles. The average Bonchev–Trinajstić information content (AvgIpc) is 3.36. The van der Waals surface area contributed by atoms with Crippen LogP contribution in [0.25, 0.3) is 0 Å². The molecular formula is C22H28FN7S. The van der Waals surface area contributed by atoms with E-state index >= 15 is 0 Å². The number of nitrogens with zero attached hydrogens (tertiary/aromatic N) is 6. The third-order valence-corrected chi connectivity index (χ3v) is 5.93. The molecular weight excluding hydrogens is 413 g/mol. The van der Waals surface area contributed by atoms with Crippen LogP contribution >= 0.6 is 12.2 Å². The van der Waals surface area contributed by atoms with Gasteiger partial charge in [0.2, 0.25) is 0 Å². The Morgan fingerprint density at radius 2 is 1.81 bits per heavy atom. The van der Waals surface area contributed by atoms with E-state index in [-0.39, 0.29) is 5.82 Å². The predicted molar refractivity (Wildman–Crippen MR) is 123 cm³/mol. The lowest BCUT2D eigenvalue weighted by Crippen LogP contribution is -2.49. The van der Waals surface area contributed by atoms with Crippen LogP contribution in [0.3, 0.4) is 0 Å². The van der Waals surface area contributed by atoms with E-state index in [9.17, 15) is 4.39 Å². The van der Waals surface area contributed by atoms with Crippen molar-refractivity contribution in [3.63, 3.8) is 0 Å². The lowest BCUT2D eigenvalue weighted by molar-refractivity contribution is 0.176. The molecule has 0 bridgehead atoms. The monoisotopic (exact) mass is 441 g/mol. The molecule has 1 fully saturated rings. The molecule has 4 rings (SSSR count). The number of benzene rings is 1. The molecule has 3 aromatic rings. The maximum atomic E-state index is 13.1. The smallest absolute Gasteiger partial charge is 0.173 e. The van der Waals surface area contributed by atoms with Gasteiger partial charge >= 0.3 is 0 Å². The zero-order valence-electron chi connectivity index (χ0n) is 18.0. The number of aryl methyl sites for hydroxylation is 2. The van der Waals surface area contributed by atoms with Gasteiger partial charge < -0.3 is 10.2 Å². The van der Waals surface area contributed by atoms with Crippen molar-refractivity contribution in [2.45, 2.75) is 33.5 Å². The number of anilines is 1. The van der Waals surface area contributed by atoms with Gasteiger partial charge in [0.05, 0.1) is 24.1 Å². The summed E-state index contributed by atoms with van der Waals surface area (Å²) in [5.74, 6) is -0.233. The molecule has 0 unspecified atom stereocenters. The Morgan fingerprint density at radius 1 is 1.06 bits per heavy atom. The quantitative estimate of drug-likeness (QED) is 0.594. The standard InChI is InChI=1S/C22H28FN7S/c1-3-29-15-19(17(2)26-29)14-27-8-10-28(11-9-27)22(31)25-21-12-24-30(16-21)13-18-4-6-20(23)7-5-18/h4-7,12,15-16H,3,8-11,13-14H2,1-2H3,(H,25,31). The molecule has 1 N–H and O–H groups in total. The molecule has 1 aliphatic heterocycles. The number of hydrogen-bond acceptors (Lipinski definition) is 4. The molecule has 3 heterocycles. The minimum absolute atomic E-state index is 0.233. The average molecular weight is 442 g/mol. The Morgan fingerprint density at radius 3 is 2.48 bits per heavy atom. The fourth-order valence-corrected chi connectivity index (χ4v) is 4.02. The minimum atomic E-state index is -0.233. The van der Waals surface area contributed by atoms with Gasteiger partial charge in [-0.15, -0.1) is 0 Å². The highest BCUT2D eigenvalue weighted by Gasteiger charge is 2.20.